The lowest BCUT2D eigenvalue weighted by Gasteiger charge is -2.21. The molecule has 2 aliphatic rings. The number of thioether (sulfide) groups is 1. The fourth-order valence-electron chi connectivity index (χ4n) is 2.15. The average molecular weight is 214 g/mol. The van der Waals surface area contributed by atoms with Crippen LogP contribution in [0.15, 0.2) is 0 Å². The Morgan fingerprint density at radius 1 is 1.36 bits per heavy atom. The summed E-state index contributed by atoms with van der Waals surface area (Å²) < 4.78 is 0. The summed E-state index contributed by atoms with van der Waals surface area (Å²) in [6, 6.07) is 1.73. The van der Waals surface area contributed by atoms with E-state index in [1.54, 1.807) is 0 Å². The lowest BCUT2D eigenvalue weighted by molar-refractivity contribution is 0.273. The van der Waals surface area contributed by atoms with Crippen LogP contribution in [-0.4, -0.2) is 48.1 Å². The first-order valence-corrected chi connectivity index (χ1v) is 7.11. The van der Waals surface area contributed by atoms with Crippen LogP contribution in [-0.2, 0) is 0 Å². The van der Waals surface area contributed by atoms with E-state index in [0.717, 1.165) is 12.1 Å². The fraction of sp³-hybridized carbons (Fsp3) is 1.00. The highest BCUT2D eigenvalue weighted by Crippen LogP contribution is 2.25. The van der Waals surface area contributed by atoms with Gasteiger partial charge in [-0.1, -0.05) is 6.92 Å². The van der Waals surface area contributed by atoms with E-state index in [4.69, 9.17) is 0 Å². The highest BCUT2D eigenvalue weighted by Gasteiger charge is 2.27. The lowest BCUT2D eigenvalue weighted by atomic mass is 10.2. The molecular formula is C11H22N2S. The zero-order valence-corrected chi connectivity index (χ0v) is 9.98. The molecule has 0 aromatic rings. The first-order valence-electron chi connectivity index (χ1n) is 5.95. The van der Waals surface area contributed by atoms with Crippen LogP contribution in [0.1, 0.15) is 26.2 Å². The van der Waals surface area contributed by atoms with Crippen LogP contribution in [0.4, 0.5) is 0 Å². The summed E-state index contributed by atoms with van der Waals surface area (Å²) in [5, 5.41) is 3.67. The molecule has 1 N–H and O–H groups in total. The summed E-state index contributed by atoms with van der Waals surface area (Å²) in [6.07, 6.45) is 4.25. The average Bonchev–Trinajstić information content (AvgIpc) is 2.91. The van der Waals surface area contributed by atoms with Crippen molar-refractivity contribution >= 4 is 11.8 Å². The second-order valence-electron chi connectivity index (χ2n) is 4.37. The van der Waals surface area contributed by atoms with Gasteiger partial charge in [-0.05, 0) is 31.6 Å². The molecule has 3 heteroatoms. The van der Waals surface area contributed by atoms with Gasteiger partial charge in [0.15, 0.2) is 0 Å². The van der Waals surface area contributed by atoms with Gasteiger partial charge in [0.05, 0.1) is 0 Å². The molecule has 1 atom stereocenters. The third-order valence-corrected chi connectivity index (χ3v) is 4.39. The normalized spacial score (nSPS) is 27.4. The van der Waals surface area contributed by atoms with E-state index in [9.17, 15) is 0 Å². The Hall–Kier alpha value is 0.270. The molecule has 1 heterocycles. The van der Waals surface area contributed by atoms with E-state index >= 15 is 0 Å². The molecule has 2 fully saturated rings. The maximum atomic E-state index is 3.67. The van der Waals surface area contributed by atoms with Gasteiger partial charge in [0, 0.05) is 30.9 Å². The molecule has 0 spiro atoms. The Bertz CT molecular complexity index is 165. The molecule has 2 nitrogen and oxygen atoms in total. The number of nitrogens with zero attached hydrogens (tertiary/aromatic N) is 1. The van der Waals surface area contributed by atoms with Crippen LogP contribution in [0.5, 0.6) is 0 Å². The molecule has 1 unspecified atom stereocenters. The van der Waals surface area contributed by atoms with Crippen molar-refractivity contribution < 1.29 is 0 Å². The summed E-state index contributed by atoms with van der Waals surface area (Å²) in [5.41, 5.74) is 0. The van der Waals surface area contributed by atoms with Crippen molar-refractivity contribution in [2.24, 2.45) is 0 Å². The van der Waals surface area contributed by atoms with Gasteiger partial charge >= 0.3 is 0 Å². The molecule has 0 aromatic heterocycles. The van der Waals surface area contributed by atoms with Gasteiger partial charge < -0.3 is 5.32 Å². The second-order valence-corrected chi connectivity index (χ2v) is 5.52. The number of likely N-dealkylation sites (N-methyl/N-ethyl adjacent to an activating group) is 1. The maximum Gasteiger partial charge on any atom is 0.0166 e. The molecule has 0 amide bonds. The van der Waals surface area contributed by atoms with Crippen molar-refractivity contribution in [3.8, 4) is 0 Å². The van der Waals surface area contributed by atoms with E-state index in [1.807, 2.05) is 0 Å². The highest BCUT2D eigenvalue weighted by molar-refractivity contribution is 7.99. The van der Waals surface area contributed by atoms with Crippen LogP contribution in [0.3, 0.4) is 0 Å². The quantitative estimate of drug-likeness (QED) is 0.722. The van der Waals surface area contributed by atoms with Gasteiger partial charge in [-0.15, -0.1) is 0 Å². The van der Waals surface area contributed by atoms with Gasteiger partial charge in [0.1, 0.15) is 0 Å². The van der Waals surface area contributed by atoms with E-state index in [1.165, 1.54) is 50.4 Å². The summed E-state index contributed by atoms with van der Waals surface area (Å²) in [7, 11) is 0. The fourth-order valence-corrected chi connectivity index (χ4v) is 3.33. The Balaban J connectivity index is 1.56. The monoisotopic (exact) mass is 214 g/mol. The minimum atomic E-state index is 0.804. The number of rotatable bonds is 6. The van der Waals surface area contributed by atoms with Crippen molar-refractivity contribution in [2.45, 2.75) is 38.3 Å². The van der Waals surface area contributed by atoms with E-state index in [-0.39, 0.29) is 0 Å². The zero-order chi connectivity index (χ0) is 9.80. The Morgan fingerprint density at radius 3 is 2.79 bits per heavy atom. The molecule has 82 valence electrons. The molecular weight excluding hydrogens is 192 g/mol. The van der Waals surface area contributed by atoms with Gasteiger partial charge in [0.2, 0.25) is 0 Å². The molecule has 1 aliphatic carbocycles. The SMILES string of the molecule is CCN(CCNC1CCSC1)C1CC1. The summed E-state index contributed by atoms with van der Waals surface area (Å²) in [5.74, 6) is 2.69. The van der Waals surface area contributed by atoms with Crippen LogP contribution < -0.4 is 5.32 Å². The van der Waals surface area contributed by atoms with E-state index in [2.05, 4.69) is 28.9 Å². The minimum absolute atomic E-state index is 0.804. The highest BCUT2D eigenvalue weighted by atomic mass is 32.2. The first-order chi connectivity index (χ1) is 6.90. The molecule has 1 saturated carbocycles. The van der Waals surface area contributed by atoms with Crippen molar-refractivity contribution in [3.05, 3.63) is 0 Å². The first kappa shape index (κ1) is 10.8. The van der Waals surface area contributed by atoms with Gasteiger partial charge in [-0.25, -0.2) is 0 Å². The van der Waals surface area contributed by atoms with Crippen molar-refractivity contribution in [2.75, 3.05) is 31.1 Å². The standard InChI is InChI=1S/C11H22N2S/c1-2-13(11-3-4-11)7-6-12-10-5-8-14-9-10/h10-12H,2-9H2,1H3. The molecule has 1 aliphatic heterocycles. The Labute approximate surface area is 91.8 Å². The predicted octanol–water partition coefficient (Wildman–Crippen LogP) is 1.57. The molecule has 1 saturated heterocycles. The van der Waals surface area contributed by atoms with Crippen LogP contribution >= 0.6 is 11.8 Å². The van der Waals surface area contributed by atoms with Crippen molar-refractivity contribution in [1.82, 2.24) is 10.2 Å². The Kier molecular flexibility index (Phi) is 4.14. The molecule has 0 bridgehead atoms. The number of hydrogen-bond acceptors (Lipinski definition) is 3. The van der Waals surface area contributed by atoms with Crippen LogP contribution in [0.2, 0.25) is 0 Å². The Morgan fingerprint density at radius 2 is 2.21 bits per heavy atom. The predicted molar refractivity (Wildman–Crippen MR) is 64.0 cm³/mol. The van der Waals surface area contributed by atoms with Gasteiger partial charge in [0.25, 0.3) is 0 Å². The van der Waals surface area contributed by atoms with Crippen molar-refractivity contribution in [3.63, 3.8) is 0 Å². The maximum absolute atomic E-state index is 3.67. The number of hydrogen-bond donors (Lipinski definition) is 1. The van der Waals surface area contributed by atoms with Crippen molar-refractivity contribution in [1.29, 1.82) is 0 Å². The van der Waals surface area contributed by atoms with Crippen LogP contribution in [0, 0.1) is 0 Å². The van der Waals surface area contributed by atoms with E-state index in [0.29, 0.717) is 0 Å². The molecule has 14 heavy (non-hydrogen) atoms. The van der Waals surface area contributed by atoms with E-state index < -0.39 is 0 Å². The zero-order valence-electron chi connectivity index (χ0n) is 9.17. The second kappa shape index (κ2) is 5.38. The summed E-state index contributed by atoms with van der Waals surface area (Å²) in [4.78, 5) is 2.62. The minimum Gasteiger partial charge on any atom is -0.312 e. The lowest BCUT2D eigenvalue weighted by Crippen LogP contribution is -2.38. The summed E-state index contributed by atoms with van der Waals surface area (Å²) >= 11 is 2.09. The molecule has 0 radical (unpaired) electrons. The third kappa shape index (κ3) is 3.14. The topological polar surface area (TPSA) is 15.3 Å². The van der Waals surface area contributed by atoms with Crippen LogP contribution in [0.25, 0.3) is 0 Å². The summed E-state index contributed by atoms with van der Waals surface area (Å²) in [6.45, 7) is 5.95. The van der Waals surface area contributed by atoms with Gasteiger partial charge in [-0.3, -0.25) is 4.90 Å². The van der Waals surface area contributed by atoms with Gasteiger partial charge in [-0.2, -0.15) is 11.8 Å². The third-order valence-electron chi connectivity index (χ3n) is 3.23. The molecule has 2 rings (SSSR count). The largest absolute Gasteiger partial charge is 0.312 e. The number of nitrogens with one attached hydrogen (secondary N) is 1. The molecule has 0 aromatic carbocycles. The smallest absolute Gasteiger partial charge is 0.0166 e.